The summed E-state index contributed by atoms with van der Waals surface area (Å²) in [5.74, 6) is 0.434. The topological polar surface area (TPSA) is 44.8 Å². The van der Waals surface area contributed by atoms with Crippen LogP contribution >= 0.6 is 39.1 Å². The van der Waals surface area contributed by atoms with E-state index in [0.29, 0.717) is 21.5 Å². The van der Waals surface area contributed by atoms with E-state index in [-0.39, 0.29) is 10.1 Å². The van der Waals surface area contributed by atoms with Crippen molar-refractivity contribution in [1.82, 2.24) is 0 Å². The van der Waals surface area contributed by atoms with Gasteiger partial charge in [0.15, 0.2) is 6.10 Å². The highest BCUT2D eigenvalue weighted by Gasteiger charge is 2.35. The summed E-state index contributed by atoms with van der Waals surface area (Å²) in [5, 5.41) is 0.0303. The van der Waals surface area contributed by atoms with Crippen molar-refractivity contribution in [2.75, 3.05) is 14.2 Å². The Morgan fingerprint density at radius 1 is 1.21 bits per heavy atom. The minimum absolute atomic E-state index is 0.110. The summed E-state index contributed by atoms with van der Waals surface area (Å²) in [4.78, 5) is 11.4. The summed E-state index contributed by atoms with van der Waals surface area (Å²) in [5.41, 5.74) is 0.587. The maximum Gasteiger partial charge on any atom is 0.352 e. The molecule has 0 N–H and O–H groups in total. The van der Waals surface area contributed by atoms with E-state index < -0.39 is 12.1 Å². The molecule has 1 atom stereocenters. The van der Waals surface area contributed by atoms with Crippen LogP contribution in [-0.4, -0.2) is 20.2 Å². The third-order valence-electron chi connectivity index (χ3n) is 2.63. The van der Waals surface area contributed by atoms with Gasteiger partial charge in [-0.3, -0.25) is 0 Å². The number of carbonyl (C=O) groups excluding carboxylic acids is 1. The van der Waals surface area contributed by atoms with Crippen molar-refractivity contribution < 1.29 is 19.0 Å². The first kappa shape index (κ1) is 14.5. The number of ether oxygens (including phenoxy) is 3. The molecule has 4 nitrogen and oxygen atoms in total. The van der Waals surface area contributed by atoms with E-state index in [1.807, 2.05) is 0 Å². The van der Waals surface area contributed by atoms with E-state index >= 15 is 0 Å². The Hall–Kier alpha value is -0.910. The van der Waals surface area contributed by atoms with E-state index in [2.05, 4.69) is 15.9 Å². The fourth-order valence-corrected chi connectivity index (χ4v) is 2.62. The van der Waals surface area contributed by atoms with Gasteiger partial charge in [-0.2, -0.15) is 0 Å². The Bertz CT molecular complexity index is 571. The molecule has 0 radical (unpaired) electrons. The molecule has 102 valence electrons. The third kappa shape index (κ3) is 2.55. The van der Waals surface area contributed by atoms with Gasteiger partial charge in [0.25, 0.3) is 0 Å². The fourth-order valence-electron chi connectivity index (χ4n) is 1.71. The predicted octanol–water partition coefficient (Wildman–Crippen LogP) is 3.75. The zero-order valence-corrected chi connectivity index (χ0v) is 13.1. The molecule has 0 spiro atoms. The summed E-state index contributed by atoms with van der Waals surface area (Å²) >= 11 is 15.1. The van der Waals surface area contributed by atoms with Gasteiger partial charge in [-0.25, -0.2) is 4.79 Å². The van der Waals surface area contributed by atoms with Crippen LogP contribution in [0.25, 0.3) is 0 Å². The Morgan fingerprint density at radius 2 is 1.84 bits per heavy atom. The lowest BCUT2D eigenvalue weighted by Gasteiger charge is -2.16. The molecule has 0 bridgehead atoms. The molecule has 0 amide bonds. The van der Waals surface area contributed by atoms with E-state index in [9.17, 15) is 4.79 Å². The standard InChI is InChI=1S/C12H9BrCl2O4/c1-17-7-4-8(18-2)6(13)3-5(7)11-9(14)10(15)12(16)19-11/h3-4,11H,1-2H3. The molecule has 2 rings (SSSR count). The quantitative estimate of drug-likeness (QED) is 0.763. The second-order valence-corrected chi connectivity index (χ2v) is 5.32. The summed E-state index contributed by atoms with van der Waals surface area (Å²) < 4.78 is 16.2. The molecule has 0 saturated carbocycles. The van der Waals surface area contributed by atoms with Crippen LogP contribution < -0.4 is 9.47 Å². The summed E-state index contributed by atoms with van der Waals surface area (Å²) in [7, 11) is 3.04. The molecule has 0 aliphatic carbocycles. The third-order valence-corrected chi connectivity index (χ3v) is 4.09. The number of rotatable bonds is 3. The maximum atomic E-state index is 11.4. The zero-order chi connectivity index (χ0) is 14.2. The number of carbonyl (C=O) groups is 1. The number of hydrogen-bond acceptors (Lipinski definition) is 4. The summed E-state index contributed by atoms with van der Waals surface area (Å²) in [6, 6.07) is 3.39. The largest absolute Gasteiger partial charge is 0.496 e. The highest BCUT2D eigenvalue weighted by Crippen LogP contribution is 2.45. The van der Waals surface area contributed by atoms with Gasteiger partial charge < -0.3 is 14.2 Å². The van der Waals surface area contributed by atoms with Crippen LogP contribution in [0.2, 0.25) is 0 Å². The van der Waals surface area contributed by atoms with E-state index in [1.165, 1.54) is 7.11 Å². The van der Waals surface area contributed by atoms with Crippen LogP contribution in [-0.2, 0) is 9.53 Å². The fraction of sp³-hybridized carbons (Fsp3) is 0.250. The molecule has 0 aromatic heterocycles. The Morgan fingerprint density at radius 3 is 2.32 bits per heavy atom. The molecule has 1 heterocycles. The van der Waals surface area contributed by atoms with Crippen molar-refractivity contribution in [1.29, 1.82) is 0 Å². The van der Waals surface area contributed by atoms with Gasteiger partial charge in [0, 0.05) is 11.6 Å². The maximum absolute atomic E-state index is 11.4. The van der Waals surface area contributed by atoms with Gasteiger partial charge in [-0.15, -0.1) is 0 Å². The van der Waals surface area contributed by atoms with Crippen molar-refractivity contribution in [3.05, 3.63) is 32.2 Å². The minimum atomic E-state index is -0.765. The zero-order valence-electron chi connectivity index (χ0n) is 10.00. The number of halogens is 3. The SMILES string of the molecule is COc1cc(OC)c(C2OC(=O)C(Cl)=C2Cl)cc1Br. The van der Waals surface area contributed by atoms with Gasteiger partial charge in [-0.05, 0) is 22.0 Å². The number of hydrogen-bond donors (Lipinski definition) is 0. The van der Waals surface area contributed by atoms with Gasteiger partial charge in [0.2, 0.25) is 0 Å². The smallest absolute Gasteiger partial charge is 0.352 e. The van der Waals surface area contributed by atoms with Gasteiger partial charge in [0.1, 0.15) is 16.5 Å². The molecular weight excluding hydrogens is 359 g/mol. The highest BCUT2D eigenvalue weighted by molar-refractivity contribution is 9.10. The Kier molecular flexibility index (Phi) is 4.28. The van der Waals surface area contributed by atoms with Crippen molar-refractivity contribution in [2.24, 2.45) is 0 Å². The second-order valence-electron chi connectivity index (χ2n) is 3.68. The molecule has 19 heavy (non-hydrogen) atoms. The summed E-state index contributed by atoms with van der Waals surface area (Å²) in [6.07, 6.45) is -0.765. The molecule has 1 unspecified atom stereocenters. The second kappa shape index (κ2) is 5.61. The van der Waals surface area contributed by atoms with E-state index in [0.717, 1.165) is 0 Å². The first-order valence-corrected chi connectivity index (χ1v) is 6.72. The van der Waals surface area contributed by atoms with Crippen LogP contribution in [0.3, 0.4) is 0 Å². The normalized spacial score (nSPS) is 18.6. The van der Waals surface area contributed by atoms with Crippen molar-refractivity contribution in [3.63, 3.8) is 0 Å². The molecule has 1 aliphatic rings. The molecule has 0 saturated heterocycles. The lowest BCUT2D eigenvalue weighted by molar-refractivity contribution is -0.139. The van der Waals surface area contributed by atoms with Crippen LogP contribution in [0.4, 0.5) is 0 Å². The average molecular weight is 368 g/mol. The lowest BCUT2D eigenvalue weighted by atomic mass is 10.1. The predicted molar refractivity (Wildman–Crippen MR) is 74.8 cm³/mol. The van der Waals surface area contributed by atoms with Crippen LogP contribution in [0, 0.1) is 0 Å². The lowest BCUT2D eigenvalue weighted by Crippen LogP contribution is -2.04. The Labute approximate surface area is 128 Å². The molecule has 7 heteroatoms. The monoisotopic (exact) mass is 366 g/mol. The molecule has 0 fully saturated rings. The molecule has 1 aromatic carbocycles. The van der Waals surface area contributed by atoms with Gasteiger partial charge >= 0.3 is 5.97 Å². The number of esters is 1. The Balaban J connectivity index is 2.52. The first-order valence-electron chi connectivity index (χ1n) is 5.17. The first-order chi connectivity index (χ1) is 8.99. The average Bonchev–Trinajstić information content (AvgIpc) is 2.66. The minimum Gasteiger partial charge on any atom is -0.496 e. The highest BCUT2D eigenvalue weighted by atomic mass is 79.9. The van der Waals surface area contributed by atoms with Crippen LogP contribution in [0.5, 0.6) is 11.5 Å². The molecule has 1 aromatic rings. The number of benzene rings is 1. The molecule has 1 aliphatic heterocycles. The van der Waals surface area contributed by atoms with E-state index in [1.54, 1.807) is 19.2 Å². The van der Waals surface area contributed by atoms with Crippen molar-refractivity contribution >= 4 is 45.1 Å². The van der Waals surface area contributed by atoms with Gasteiger partial charge in [-0.1, -0.05) is 23.2 Å². The molecular formula is C12H9BrCl2O4. The van der Waals surface area contributed by atoms with Crippen LogP contribution in [0.1, 0.15) is 11.7 Å². The van der Waals surface area contributed by atoms with E-state index in [4.69, 9.17) is 37.4 Å². The van der Waals surface area contributed by atoms with Crippen molar-refractivity contribution in [3.8, 4) is 11.5 Å². The summed E-state index contributed by atoms with van der Waals surface area (Å²) in [6.45, 7) is 0. The van der Waals surface area contributed by atoms with Gasteiger partial charge in [0.05, 0.1) is 23.7 Å². The van der Waals surface area contributed by atoms with Crippen LogP contribution in [0.15, 0.2) is 26.7 Å². The van der Waals surface area contributed by atoms with Crippen molar-refractivity contribution in [2.45, 2.75) is 6.10 Å². The number of methoxy groups -OCH3 is 2. The number of cyclic esters (lactones) is 1.